The van der Waals surface area contributed by atoms with Gasteiger partial charge in [-0.2, -0.15) is 0 Å². The Bertz CT molecular complexity index is 395. The van der Waals surface area contributed by atoms with Crippen LogP contribution in [0.25, 0.3) is 0 Å². The van der Waals surface area contributed by atoms with Crippen LogP contribution in [0, 0.1) is 5.82 Å². The van der Waals surface area contributed by atoms with Crippen molar-refractivity contribution in [3.8, 4) is 0 Å². The van der Waals surface area contributed by atoms with Crippen LogP contribution in [-0.4, -0.2) is 18.0 Å². The molecule has 3 nitrogen and oxygen atoms in total. The van der Waals surface area contributed by atoms with E-state index in [2.05, 4.69) is 0 Å². The molecule has 0 radical (unpaired) electrons. The Kier molecular flexibility index (Phi) is 4.84. The molecule has 0 heterocycles. The van der Waals surface area contributed by atoms with E-state index in [0.29, 0.717) is 19.4 Å². The molecule has 18 heavy (non-hydrogen) atoms. The summed E-state index contributed by atoms with van der Waals surface area (Å²) >= 11 is 0. The number of benzene rings is 1. The molecule has 1 aromatic carbocycles. The molecule has 1 amide bonds. The van der Waals surface area contributed by atoms with Gasteiger partial charge in [0.05, 0.1) is 0 Å². The lowest BCUT2D eigenvalue weighted by atomic mass is 9.99. The maximum Gasteiger partial charge on any atom is 0.227 e. The van der Waals surface area contributed by atoms with Gasteiger partial charge in [0, 0.05) is 24.2 Å². The minimum Gasteiger partial charge on any atom is -0.326 e. The number of anilines is 1. The lowest BCUT2D eigenvalue weighted by Crippen LogP contribution is -2.36. The van der Waals surface area contributed by atoms with Crippen LogP contribution in [0.5, 0.6) is 0 Å². The van der Waals surface area contributed by atoms with Crippen molar-refractivity contribution >= 4 is 11.6 Å². The minimum atomic E-state index is -0.349. The molecule has 0 saturated carbocycles. The summed E-state index contributed by atoms with van der Waals surface area (Å²) in [6, 6.07) is 5.95. The summed E-state index contributed by atoms with van der Waals surface area (Å²) in [7, 11) is 0. The minimum absolute atomic E-state index is 0.0163. The molecule has 0 aliphatic rings. The van der Waals surface area contributed by atoms with Gasteiger partial charge in [0.1, 0.15) is 5.82 Å². The first-order valence-electron chi connectivity index (χ1n) is 6.18. The van der Waals surface area contributed by atoms with Crippen molar-refractivity contribution in [2.75, 3.05) is 11.4 Å². The van der Waals surface area contributed by atoms with Crippen LogP contribution >= 0.6 is 0 Å². The summed E-state index contributed by atoms with van der Waals surface area (Å²) in [4.78, 5) is 13.7. The number of nitrogens with two attached hydrogens (primary N) is 1. The zero-order valence-electron chi connectivity index (χ0n) is 11.2. The van der Waals surface area contributed by atoms with Gasteiger partial charge in [-0.3, -0.25) is 4.79 Å². The molecular formula is C14H21FN2O. The highest BCUT2D eigenvalue weighted by Gasteiger charge is 2.18. The SMILES string of the molecule is CCN(C(=O)CCC(C)(C)N)c1ccc(F)cc1. The van der Waals surface area contributed by atoms with Crippen molar-refractivity contribution in [1.29, 1.82) is 0 Å². The fourth-order valence-corrected chi connectivity index (χ4v) is 1.69. The number of nitrogens with zero attached hydrogens (tertiary/aromatic N) is 1. The van der Waals surface area contributed by atoms with E-state index in [0.717, 1.165) is 5.69 Å². The smallest absolute Gasteiger partial charge is 0.227 e. The van der Waals surface area contributed by atoms with E-state index in [1.807, 2.05) is 20.8 Å². The summed E-state index contributed by atoms with van der Waals surface area (Å²) in [6.07, 6.45) is 1.03. The quantitative estimate of drug-likeness (QED) is 0.875. The van der Waals surface area contributed by atoms with Gasteiger partial charge in [0.25, 0.3) is 0 Å². The van der Waals surface area contributed by atoms with Gasteiger partial charge in [0.2, 0.25) is 5.91 Å². The molecule has 100 valence electrons. The molecule has 0 saturated heterocycles. The molecule has 0 spiro atoms. The molecule has 0 fully saturated rings. The summed E-state index contributed by atoms with van der Waals surface area (Å²) in [6.45, 7) is 6.26. The van der Waals surface area contributed by atoms with Gasteiger partial charge in [-0.15, -0.1) is 0 Å². The van der Waals surface area contributed by atoms with Crippen molar-refractivity contribution in [2.24, 2.45) is 5.73 Å². The van der Waals surface area contributed by atoms with Gasteiger partial charge < -0.3 is 10.6 Å². The average Bonchev–Trinajstić information content (AvgIpc) is 2.29. The number of amides is 1. The van der Waals surface area contributed by atoms with Crippen LogP contribution in [0.3, 0.4) is 0 Å². The predicted octanol–water partition coefficient (Wildman–Crippen LogP) is 2.70. The topological polar surface area (TPSA) is 46.3 Å². The predicted molar refractivity (Wildman–Crippen MR) is 71.9 cm³/mol. The molecule has 4 heteroatoms. The van der Waals surface area contributed by atoms with Crippen molar-refractivity contribution in [1.82, 2.24) is 0 Å². The van der Waals surface area contributed by atoms with Crippen LogP contribution in [-0.2, 0) is 4.79 Å². The molecule has 0 atom stereocenters. The number of carbonyl (C=O) groups excluding carboxylic acids is 1. The molecule has 1 aromatic rings. The van der Waals surface area contributed by atoms with Crippen LogP contribution in [0.2, 0.25) is 0 Å². The first kappa shape index (κ1) is 14.6. The second-order valence-electron chi connectivity index (χ2n) is 5.10. The fraction of sp³-hybridized carbons (Fsp3) is 0.500. The molecule has 0 unspecified atom stereocenters. The second kappa shape index (κ2) is 5.96. The zero-order chi connectivity index (χ0) is 13.8. The van der Waals surface area contributed by atoms with Crippen LogP contribution in [0.15, 0.2) is 24.3 Å². The third-order valence-electron chi connectivity index (χ3n) is 2.74. The normalized spacial score (nSPS) is 11.4. The molecule has 0 aromatic heterocycles. The third-order valence-corrected chi connectivity index (χ3v) is 2.74. The average molecular weight is 252 g/mol. The molecule has 2 N–H and O–H groups in total. The largest absolute Gasteiger partial charge is 0.326 e. The van der Waals surface area contributed by atoms with E-state index in [-0.39, 0.29) is 17.3 Å². The Hall–Kier alpha value is -1.42. The zero-order valence-corrected chi connectivity index (χ0v) is 11.2. The molecule has 0 aliphatic heterocycles. The Morgan fingerprint density at radius 3 is 2.33 bits per heavy atom. The highest BCUT2D eigenvalue weighted by atomic mass is 19.1. The highest BCUT2D eigenvalue weighted by Crippen LogP contribution is 2.17. The number of rotatable bonds is 5. The summed E-state index contributed by atoms with van der Waals surface area (Å²) < 4.78 is 12.8. The van der Waals surface area contributed by atoms with Gasteiger partial charge in [0.15, 0.2) is 0 Å². The standard InChI is InChI=1S/C14H21FN2O/c1-4-17(12-7-5-11(15)6-8-12)13(18)9-10-14(2,3)16/h5-8H,4,9-10,16H2,1-3H3. The Morgan fingerprint density at radius 1 is 1.33 bits per heavy atom. The van der Waals surface area contributed by atoms with E-state index in [1.54, 1.807) is 17.0 Å². The van der Waals surface area contributed by atoms with Crippen molar-refractivity contribution < 1.29 is 9.18 Å². The first-order chi connectivity index (χ1) is 8.33. The van der Waals surface area contributed by atoms with Crippen LogP contribution in [0.1, 0.15) is 33.6 Å². The summed E-state index contributed by atoms with van der Waals surface area (Å²) in [5.74, 6) is -0.284. The monoisotopic (exact) mass is 252 g/mol. The summed E-state index contributed by atoms with van der Waals surface area (Å²) in [5.41, 5.74) is 6.24. The number of hydrogen-bond donors (Lipinski definition) is 1. The highest BCUT2D eigenvalue weighted by molar-refractivity contribution is 5.93. The Morgan fingerprint density at radius 2 is 1.89 bits per heavy atom. The van der Waals surface area contributed by atoms with Crippen molar-refractivity contribution in [3.05, 3.63) is 30.1 Å². The molecule has 0 aliphatic carbocycles. The van der Waals surface area contributed by atoms with E-state index in [1.165, 1.54) is 12.1 Å². The Balaban J connectivity index is 2.71. The van der Waals surface area contributed by atoms with E-state index in [9.17, 15) is 9.18 Å². The van der Waals surface area contributed by atoms with Crippen LogP contribution < -0.4 is 10.6 Å². The second-order valence-corrected chi connectivity index (χ2v) is 5.10. The van der Waals surface area contributed by atoms with E-state index >= 15 is 0 Å². The van der Waals surface area contributed by atoms with Gasteiger partial charge in [-0.25, -0.2) is 4.39 Å². The molecule has 1 rings (SSSR count). The van der Waals surface area contributed by atoms with Crippen molar-refractivity contribution in [2.45, 2.75) is 39.2 Å². The molecular weight excluding hydrogens is 231 g/mol. The number of hydrogen-bond acceptors (Lipinski definition) is 2. The molecule has 0 bridgehead atoms. The van der Waals surface area contributed by atoms with Crippen LogP contribution in [0.4, 0.5) is 10.1 Å². The first-order valence-corrected chi connectivity index (χ1v) is 6.18. The van der Waals surface area contributed by atoms with Gasteiger partial charge in [-0.1, -0.05) is 0 Å². The van der Waals surface area contributed by atoms with Crippen molar-refractivity contribution in [3.63, 3.8) is 0 Å². The van der Waals surface area contributed by atoms with E-state index < -0.39 is 0 Å². The number of halogens is 1. The number of carbonyl (C=O) groups is 1. The lowest BCUT2D eigenvalue weighted by molar-refractivity contribution is -0.118. The lowest BCUT2D eigenvalue weighted by Gasteiger charge is -2.24. The maximum atomic E-state index is 12.8. The maximum absolute atomic E-state index is 12.8. The Labute approximate surface area is 108 Å². The van der Waals surface area contributed by atoms with Gasteiger partial charge >= 0.3 is 0 Å². The third kappa shape index (κ3) is 4.45. The summed E-state index contributed by atoms with van der Waals surface area (Å²) in [5, 5.41) is 0. The van der Waals surface area contributed by atoms with E-state index in [4.69, 9.17) is 5.73 Å². The van der Waals surface area contributed by atoms with Gasteiger partial charge in [-0.05, 0) is 51.5 Å². The fourth-order valence-electron chi connectivity index (χ4n) is 1.69.